The second-order valence-corrected chi connectivity index (χ2v) is 5.90. The molecule has 0 saturated heterocycles. The summed E-state index contributed by atoms with van der Waals surface area (Å²) in [7, 11) is -2.64. The van der Waals surface area contributed by atoms with E-state index in [4.69, 9.17) is 11.0 Å². The molecule has 0 atom stereocenters. The van der Waals surface area contributed by atoms with Crippen molar-refractivity contribution in [3.05, 3.63) is 29.6 Å². The lowest BCUT2D eigenvalue weighted by Crippen LogP contribution is -2.28. The van der Waals surface area contributed by atoms with Crippen LogP contribution in [-0.2, 0) is 10.0 Å². The molecule has 0 aliphatic heterocycles. The van der Waals surface area contributed by atoms with Gasteiger partial charge in [-0.2, -0.15) is 9.57 Å². The summed E-state index contributed by atoms with van der Waals surface area (Å²) in [4.78, 5) is -0.434. The average molecular weight is 295 g/mol. The summed E-state index contributed by atoms with van der Waals surface area (Å²) in [6, 6.07) is 5.46. The fraction of sp³-hybridized carbons (Fsp3) is 0.308. The van der Waals surface area contributed by atoms with Crippen molar-refractivity contribution in [1.82, 2.24) is 4.31 Å². The van der Waals surface area contributed by atoms with Crippen LogP contribution in [0, 0.1) is 29.0 Å². The minimum absolute atomic E-state index is 0.00695. The standard InChI is InChI=1S/C13H14FN3O2S/c1-17(9-3-8-16)20(18,19)13-6-5-11(4-2-7-15)10-12(13)14/h5-6,10H,3,7,9,15H2,1H3. The quantitative estimate of drug-likeness (QED) is 0.827. The van der Waals surface area contributed by atoms with E-state index < -0.39 is 20.7 Å². The summed E-state index contributed by atoms with van der Waals surface area (Å²) in [5.41, 5.74) is 5.56. The van der Waals surface area contributed by atoms with Crippen LogP contribution in [0.5, 0.6) is 0 Å². The Morgan fingerprint density at radius 3 is 2.70 bits per heavy atom. The highest BCUT2D eigenvalue weighted by atomic mass is 32.2. The van der Waals surface area contributed by atoms with E-state index in [0.29, 0.717) is 5.56 Å². The Hall–Kier alpha value is -1.93. The van der Waals surface area contributed by atoms with Crippen LogP contribution >= 0.6 is 0 Å². The first-order valence-electron chi connectivity index (χ1n) is 5.75. The van der Waals surface area contributed by atoms with Crippen molar-refractivity contribution in [2.24, 2.45) is 5.73 Å². The highest BCUT2D eigenvalue weighted by Gasteiger charge is 2.24. The van der Waals surface area contributed by atoms with Gasteiger partial charge in [0.05, 0.1) is 12.6 Å². The molecule has 1 aromatic carbocycles. The number of rotatable bonds is 4. The molecule has 20 heavy (non-hydrogen) atoms. The van der Waals surface area contributed by atoms with Crippen molar-refractivity contribution in [3.8, 4) is 17.9 Å². The lowest BCUT2D eigenvalue weighted by atomic mass is 10.2. The number of sulfonamides is 1. The summed E-state index contributed by atoms with van der Waals surface area (Å²) in [6.07, 6.45) is 0.0391. The normalized spacial score (nSPS) is 10.8. The van der Waals surface area contributed by atoms with Crippen LogP contribution in [0.4, 0.5) is 4.39 Å². The van der Waals surface area contributed by atoms with Gasteiger partial charge in [0.1, 0.15) is 10.7 Å². The molecule has 0 fully saturated rings. The Bertz CT molecular complexity index is 684. The summed E-state index contributed by atoms with van der Waals surface area (Å²) in [6.45, 7) is 0.144. The van der Waals surface area contributed by atoms with Crippen LogP contribution in [-0.4, -0.2) is 32.9 Å². The predicted molar refractivity (Wildman–Crippen MR) is 72.4 cm³/mol. The predicted octanol–water partition coefficient (Wildman–Crippen LogP) is 0.670. The third-order valence-electron chi connectivity index (χ3n) is 2.49. The molecule has 0 amide bonds. The van der Waals surface area contributed by atoms with E-state index in [1.807, 2.05) is 6.07 Å². The van der Waals surface area contributed by atoms with Gasteiger partial charge in [-0.05, 0) is 18.2 Å². The van der Waals surface area contributed by atoms with Crippen molar-refractivity contribution >= 4 is 10.0 Å². The molecule has 5 nitrogen and oxygen atoms in total. The third-order valence-corrected chi connectivity index (χ3v) is 4.38. The smallest absolute Gasteiger partial charge is 0.245 e. The molecule has 2 N–H and O–H groups in total. The lowest BCUT2D eigenvalue weighted by Gasteiger charge is -2.16. The first kappa shape index (κ1) is 16.1. The number of nitrogens with two attached hydrogens (primary N) is 1. The average Bonchev–Trinajstić information content (AvgIpc) is 2.42. The zero-order valence-corrected chi connectivity index (χ0v) is 11.7. The van der Waals surface area contributed by atoms with Crippen molar-refractivity contribution in [1.29, 1.82) is 5.26 Å². The molecule has 0 aliphatic rings. The van der Waals surface area contributed by atoms with Crippen LogP contribution in [0.2, 0.25) is 0 Å². The molecule has 0 aromatic heterocycles. The molecule has 7 heteroatoms. The fourth-order valence-electron chi connectivity index (χ4n) is 1.44. The highest BCUT2D eigenvalue weighted by Crippen LogP contribution is 2.19. The topological polar surface area (TPSA) is 87.2 Å². The van der Waals surface area contributed by atoms with Gasteiger partial charge in [0.15, 0.2) is 0 Å². The number of hydrogen-bond donors (Lipinski definition) is 1. The van der Waals surface area contributed by atoms with E-state index in [-0.39, 0.29) is 19.5 Å². The van der Waals surface area contributed by atoms with Gasteiger partial charge in [-0.3, -0.25) is 0 Å². The first-order valence-corrected chi connectivity index (χ1v) is 7.19. The Morgan fingerprint density at radius 2 is 2.15 bits per heavy atom. The number of halogens is 1. The van der Waals surface area contributed by atoms with Crippen LogP contribution in [0.15, 0.2) is 23.1 Å². The molecule has 0 saturated carbocycles. The third kappa shape index (κ3) is 3.78. The molecule has 106 valence electrons. The van der Waals surface area contributed by atoms with E-state index >= 15 is 0 Å². The molecule has 1 rings (SSSR count). The molecule has 0 bridgehead atoms. The zero-order valence-electron chi connectivity index (χ0n) is 10.9. The summed E-state index contributed by atoms with van der Waals surface area (Å²) >= 11 is 0. The molecule has 0 aliphatic carbocycles. The van der Waals surface area contributed by atoms with Gasteiger partial charge >= 0.3 is 0 Å². The minimum Gasteiger partial charge on any atom is -0.320 e. The molecule has 0 radical (unpaired) electrons. The van der Waals surface area contributed by atoms with E-state index in [9.17, 15) is 12.8 Å². The number of nitriles is 1. The molecule has 1 aromatic rings. The number of nitrogens with zero attached hydrogens (tertiary/aromatic N) is 2. The molecule has 0 heterocycles. The maximum atomic E-state index is 13.9. The van der Waals surface area contributed by atoms with Gasteiger partial charge in [0.25, 0.3) is 0 Å². The van der Waals surface area contributed by atoms with E-state index in [2.05, 4.69) is 11.8 Å². The maximum absolute atomic E-state index is 13.9. The highest BCUT2D eigenvalue weighted by molar-refractivity contribution is 7.89. The first-order chi connectivity index (χ1) is 9.43. The second-order valence-electron chi connectivity index (χ2n) is 3.89. The fourth-order valence-corrected chi connectivity index (χ4v) is 2.65. The molecular formula is C13H14FN3O2S. The van der Waals surface area contributed by atoms with Gasteiger partial charge in [-0.1, -0.05) is 11.8 Å². The van der Waals surface area contributed by atoms with Crippen molar-refractivity contribution < 1.29 is 12.8 Å². The molecule has 0 unspecified atom stereocenters. The Kier molecular flexibility index (Phi) is 5.66. The van der Waals surface area contributed by atoms with Crippen molar-refractivity contribution in [2.75, 3.05) is 20.1 Å². The Morgan fingerprint density at radius 1 is 1.45 bits per heavy atom. The van der Waals surface area contributed by atoms with Crippen molar-refractivity contribution in [3.63, 3.8) is 0 Å². The van der Waals surface area contributed by atoms with Crippen LogP contribution < -0.4 is 5.73 Å². The zero-order chi connectivity index (χ0) is 15.2. The Labute approximate surface area is 117 Å². The van der Waals surface area contributed by atoms with Crippen LogP contribution in [0.3, 0.4) is 0 Å². The summed E-state index contributed by atoms with van der Waals surface area (Å²) in [5, 5.41) is 8.45. The summed E-state index contributed by atoms with van der Waals surface area (Å²) < 4.78 is 39.0. The van der Waals surface area contributed by atoms with Gasteiger partial charge in [0.2, 0.25) is 10.0 Å². The Balaban J connectivity index is 3.11. The SMILES string of the molecule is CN(CCC#N)S(=O)(=O)c1ccc(C#CCN)cc1F. The lowest BCUT2D eigenvalue weighted by molar-refractivity contribution is 0.469. The monoisotopic (exact) mass is 295 g/mol. The maximum Gasteiger partial charge on any atom is 0.245 e. The molecular weight excluding hydrogens is 281 g/mol. The van der Waals surface area contributed by atoms with E-state index in [0.717, 1.165) is 16.4 Å². The van der Waals surface area contributed by atoms with Crippen LogP contribution in [0.1, 0.15) is 12.0 Å². The van der Waals surface area contributed by atoms with Crippen LogP contribution in [0.25, 0.3) is 0 Å². The second kappa shape index (κ2) is 7.01. The van der Waals surface area contributed by atoms with Gasteiger partial charge in [-0.25, -0.2) is 12.8 Å². The molecule has 0 spiro atoms. The van der Waals surface area contributed by atoms with Crippen molar-refractivity contribution in [2.45, 2.75) is 11.3 Å². The summed E-state index contributed by atoms with van der Waals surface area (Å²) in [5.74, 6) is 4.30. The minimum atomic E-state index is -3.94. The van der Waals surface area contributed by atoms with Gasteiger partial charge < -0.3 is 5.73 Å². The van der Waals surface area contributed by atoms with Gasteiger partial charge in [0, 0.05) is 25.6 Å². The largest absolute Gasteiger partial charge is 0.320 e. The van der Waals surface area contributed by atoms with E-state index in [1.54, 1.807) is 0 Å². The van der Waals surface area contributed by atoms with Gasteiger partial charge in [-0.15, -0.1) is 0 Å². The number of hydrogen-bond acceptors (Lipinski definition) is 4. The number of benzene rings is 1. The van der Waals surface area contributed by atoms with E-state index in [1.165, 1.54) is 13.1 Å².